The minimum atomic E-state index is 0.297. The molecule has 0 saturated carbocycles. The van der Waals surface area contributed by atoms with Gasteiger partial charge in [0.05, 0.1) is 6.04 Å². The molecule has 0 aromatic heterocycles. The lowest BCUT2D eigenvalue weighted by atomic mass is 9.80. The zero-order valence-corrected chi connectivity index (χ0v) is 33.3. The number of benzene rings is 3. The van der Waals surface area contributed by atoms with Crippen LogP contribution in [-0.4, -0.2) is 6.04 Å². The average molecular weight is 720 g/mol. The first kappa shape index (κ1) is 36.8. The van der Waals surface area contributed by atoms with Crippen LogP contribution in [0.25, 0.3) is 22.8 Å². The molecule has 4 unspecified atom stereocenters. The van der Waals surface area contributed by atoms with E-state index in [4.69, 9.17) is 0 Å². The summed E-state index contributed by atoms with van der Waals surface area (Å²) in [5, 5.41) is 0. The number of rotatable bonds is 9. The molecule has 0 spiro atoms. The van der Waals surface area contributed by atoms with Gasteiger partial charge in [0.25, 0.3) is 0 Å². The third-order valence-electron chi connectivity index (χ3n) is 12.5. The van der Waals surface area contributed by atoms with Gasteiger partial charge < -0.3 is 4.90 Å². The van der Waals surface area contributed by atoms with Gasteiger partial charge in [-0.3, -0.25) is 0 Å². The van der Waals surface area contributed by atoms with Gasteiger partial charge in [0, 0.05) is 23.2 Å². The maximum absolute atomic E-state index is 2.64. The molecule has 278 valence electrons. The van der Waals surface area contributed by atoms with Crippen molar-refractivity contribution in [3.05, 3.63) is 196 Å². The van der Waals surface area contributed by atoms with Crippen molar-refractivity contribution in [3.8, 4) is 11.1 Å². The van der Waals surface area contributed by atoms with Crippen molar-refractivity contribution < 1.29 is 0 Å². The minimum absolute atomic E-state index is 0.297. The molecule has 5 aliphatic carbocycles. The quantitative estimate of drug-likeness (QED) is 0.213. The lowest BCUT2D eigenvalue weighted by Crippen LogP contribution is -2.34. The highest BCUT2D eigenvalue weighted by Gasteiger charge is 2.26. The number of allylic oxidation sites excluding steroid dienone is 17. The van der Waals surface area contributed by atoms with Gasteiger partial charge in [-0.15, -0.1) is 0 Å². The molecule has 1 nitrogen and oxygen atoms in total. The number of hydrogen-bond acceptors (Lipinski definition) is 1. The second-order valence-electron chi connectivity index (χ2n) is 16.4. The first-order valence-electron chi connectivity index (χ1n) is 20.9. The molecule has 55 heavy (non-hydrogen) atoms. The molecule has 4 atom stereocenters. The summed E-state index contributed by atoms with van der Waals surface area (Å²) < 4.78 is 0. The Labute approximate surface area is 331 Å². The van der Waals surface area contributed by atoms with Gasteiger partial charge in [0.15, 0.2) is 0 Å². The third kappa shape index (κ3) is 8.28. The molecule has 8 rings (SSSR count). The monoisotopic (exact) mass is 719 g/mol. The van der Waals surface area contributed by atoms with Crippen molar-refractivity contribution in [2.75, 3.05) is 4.90 Å². The Balaban J connectivity index is 1.07. The molecule has 0 saturated heterocycles. The van der Waals surface area contributed by atoms with E-state index in [1.165, 1.54) is 80.7 Å². The highest BCUT2D eigenvalue weighted by Crippen LogP contribution is 2.42. The molecule has 0 fully saturated rings. The van der Waals surface area contributed by atoms with Gasteiger partial charge in [-0.2, -0.15) is 0 Å². The molecule has 3 aromatic carbocycles. The van der Waals surface area contributed by atoms with Crippen LogP contribution in [0, 0.1) is 18.8 Å². The summed E-state index contributed by atoms with van der Waals surface area (Å²) in [5.41, 5.74) is 17.9. The van der Waals surface area contributed by atoms with E-state index in [-0.39, 0.29) is 0 Å². The molecular weight excluding hydrogens is 663 g/mol. The van der Waals surface area contributed by atoms with Gasteiger partial charge in [-0.05, 0) is 158 Å². The standard InChI is InChI=1S/C54H57N/c1-5-10-46-21-22-49(43-18-15-38(2)16-19-43)37-54(46)53-36-48(20-17-40(53)4)45-27-33-52(34-28-45)55(50-29-23-42(24-30-50)41-12-7-6-8-13-41)51-31-25-44(26-32-51)47-14-9-11-39(3)35-47/h5-8,10,12,15-25,27-29,31,33-35,37,39,41,48,50H,9,11,13-14,26,30,32,36H2,1-4H3/b10-5+. The zero-order valence-electron chi connectivity index (χ0n) is 33.3. The van der Waals surface area contributed by atoms with E-state index in [0.717, 1.165) is 32.1 Å². The Bertz CT molecular complexity index is 2200. The van der Waals surface area contributed by atoms with Crippen molar-refractivity contribution >= 4 is 17.3 Å². The van der Waals surface area contributed by atoms with Gasteiger partial charge in [0.2, 0.25) is 0 Å². The summed E-state index contributed by atoms with van der Waals surface area (Å²) in [7, 11) is 0. The molecule has 0 radical (unpaired) electrons. The van der Waals surface area contributed by atoms with E-state index < -0.39 is 0 Å². The highest BCUT2D eigenvalue weighted by molar-refractivity contribution is 5.82. The van der Waals surface area contributed by atoms with Crippen LogP contribution in [0.3, 0.4) is 0 Å². The number of anilines is 1. The molecule has 0 amide bonds. The maximum Gasteiger partial charge on any atom is 0.0556 e. The van der Waals surface area contributed by atoms with Crippen LogP contribution in [0.1, 0.15) is 100 Å². The summed E-state index contributed by atoms with van der Waals surface area (Å²) in [6.07, 6.45) is 42.2. The molecule has 5 aliphatic rings. The van der Waals surface area contributed by atoms with Crippen LogP contribution < -0.4 is 4.90 Å². The summed E-state index contributed by atoms with van der Waals surface area (Å²) >= 11 is 0. The molecule has 0 bridgehead atoms. The van der Waals surface area contributed by atoms with Crippen LogP contribution >= 0.6 is 0 Å². The van der Waals surface area contributed by atoms with E-state index >= 15 is 0 Å². The van der Waals surface area contributed by atoms with E-state index in [2.05, 4.69) is 184 Å². The lowest BCUT2D eigenvalue weighted by Gasteiger charge is -2.37. The van der Waals surface area contributed by atoms with Crippen molar-refractivity contribution in [3.63, 3.8) is 0 Å². The Morgan fingerprint density at radius 2 is 1.58 bits per heavy atom. The summed E-state index contributed by atoms with van der Waals surface area (Å²) in [5.74, 6) is 1.51. The van der Waals surface area contributed by atoms with Crippen molar-refractivity contribution in [2.45, 2.75) is 91.0 Å². The van der Waals surface area contributed by atoms with Crippen molar-refractivity contribution in [2.24, 2.45) is 11.8 Å². The largest absolute Gasteiger partial charge is 0.338 e. The molecular formula is C54H57N. The van der Waals surface area contributed by atoms with Crippen LogP contribution in [0.4, 0.5) is 5.69 Å². The highest BCUT2D eigenvalue weighted by atomic mass is 15.2. The summed E-state index contributed by atoms with van der Waals surface area (Å²) in [4.78, 5) is 2.64. The molecule has 3 aromatic rings. The zero-order chi connectivity index (χ0) is 37.7. The Morgan fingerprint density at radius 1 is 0.745 bits per heavy atom. The van der Waals surface area contributed by atoms with Crippen LogP contribution in [0.5, 0.6) is 0 Å². The van der Waals surface area contributed by atoms with Gasteiger partial charge in [0.1, 0.15) is 0 Å². The van der Waals surface area contributed by atoms with Crippen LogP contribution in [0.2, 0.25) is 0 Å². The second kappa shape index (κ2) is 16.7. The predicted octanol–water partition coefficient (Wildman–Crippen LogP) is 14.8. The van der Waals surface area contributed by atoms with Crippen molar-refractivity contribution in [1.29, 1.82) is 0 Å². The fourth-order valence-electron chi connectivity index (χ4n) is 9.29. The Morgan fingerprint density at radius 3 is 2.29 bits per heavy atom. The fourth-order valence-corrected chi connectivity index (χ4v) is 9.29. The van der Waals surface area contributed by atoms with Gasteiger partial charge in [-0.1, -0.05) is 140 Å². The summed E-state index contributed by atoms with van der Waals surface area (Å²) in [6, 6.07) is 25.8. The smallest absolute Gasteiger partial charge is 0.0556 e. The SMILES string of the molecule is C/C=C/c1ccc(-c2ccc(C)cc2)cc1C1=C(C)C=CC(c2ccc(N(C3=CC=C(C4=CC(C)CCC4)CC3)C3C=CC(C4C=CC=CC4)=CC3)cc2)C1. The van der Waals surface area contributed by atoms with E-state index in [1.807, 2.05) is 0 Å². The predicted molar refractivity (Wildman–Crippen MR) is 238 cm³/mol. The Kier molecular flexibility index (Phi) is 11.2. The normalized spacial score (nSPS) is 23.8. The molecule has 1 heteroatoms. The minimum Gasteiger partial charge on any atom is -0.338 e. The Hall–Kier alpha value is -5.14. The molecule has 0 N–H and O–H groups in total. The number of hydrogen-bond donors (Lipinski definition) is 0. The maximum atomic E-state index is 2.64. The van der Waals surface area contributed by atoms with E-state index in [9.17, 15) is 0 Å². The fraction of sp³-hybridized carbons (Fsp3) is 0.296. The number of aryl methyl sites for hydroxylation is 1. The van der Waals surface area contributed by atoms with Crippen LogP contribution in [-0.2, 0) is 0 Å². The third-order valence-corrected chi connectivity index (χ3v) is 12.5. The molecule has 0 heterocycles. The first-order chi connectivity index (χ1) is 26.9. The first-order valence-corrected chi connectivity index (χ1v) is 20.9. The number of nitrogens with zero attached hydrogens (tertiary/aromatic N) is 1. The average Bonchev–Trinajstić information content (AvgIpc) is 3.23. The van der Waals surface area contributed by atoms with Gasteiger partial charge >= 0.3 is 0 Å². The lowest BCUT2D eigenvalue weighted by molar-refractivity contribution is 0.567. The summed E-state index contributed by atoms with van der Waals surface area (Å²) in [6.45, 7) is 8.92. The van der Waals surface area contributed by atoms with Crippen molar-refractivity contribution in [1.82, 2.24) is 0 Å². The topological polar surface area (TPSA) is 3.24 Å². The molecule has 0 aliphatic heterocycles. The van der Waals surface area contributed by atoms with E-state index in [1.54, 1.807) is 11.1 Å². The van der Waals surface area contributed by atoms with Crippen LogP contribution in [0.15, 0.2) is 174 Å². The van der Waals surface area contributed by atoms with E-state index in [0.29, 0.717) is 23.8 Å². The second-order valence-corrected chi connectivity index (χ2v) is 16.4. The van der Waals surface area contributed by atoms with Gasteiger partial charge in [-0.25, -0.2) is 0 Å².